The van der Waals surface area contributed by atoms with Gasteiger partial charge in [-0.05, 0) is 43.9 Å². The monoisotopic (exact) mass is 298 g/mol. The Morgan fingerprint density at radius 2 is 2.09 bits per heavy atom. The summed E-state index contributed by atoms with van der Waals surface area (Å²) in [6, 6.07) is 5.68. The van der Waals surface area contributed by atoms with Crippen molar-refractivity contribution in [3.8, 4) is 0 Å². The van der Waals surface area contributed by atoms with Crippen molar-refractivity contribution >= 4 is 11.0 Å². The summed E-state index contributed by atoms with van der Waals surface area (Å²) >= 11 is 0. The molecule has 2 saturated heterocycles. The quantitative estimate of drug-likeness (QED) is 0.915. The molecular weight excluding hydrogens is 272 g/mol. The number of hydrogen-bond donors (Lipinski definition) is 2. The number of aromatic amines is 1. The summed E-state index contributed by atoms with van der Waals surface area (Å²) in [5.41, 5.74) is 4.88. The van der Waals surface area contributed by atoms with E-state index >= 15 is 0 Å². The molecular formula is C18H26N4. The van der Waals surface area contributed by atoms with Gasteiger partial charge < -0.3 is 10.3 Å². The fraction of sp³-hybridized carbons (Fsp3) is 0.611. The van der Waals surface area contributed by atoms with Crippen molar-refractivity contribution in [2.75, 3.05) is 13.1 Å². The largest absolute Gasteiger partial charge is 0.360 e. The SMILES string of the molecule is CC(C)c1c[nH]c2ccc(C34CC(CN3)N(C(C)C)C4)nc12. The van der Waals surface area contributed by atoms with E-state index in [1.165, 1.54) is 17.7 Å². The molecule has 2 atom stereocenters. The number of aromatic nitrogens is 2. The zero-order chi connectivity index (χ0) is 15.5. The summed E-state index contributed by atoms with van der Waals surface area (Å²) in [6.45, 7) is 11.2. The van der Waals surface area contributed by atoms with Crippen LogP contribution < -0.4 is 5.32 Å². The van der Waals surface area contributed by atoms with Gasteiger partial charge in [-0.1, -0.05) is 13.8 Å². The molecule has 4 nitrogen and oxygen atoms in total. The summed E-state index contributed by atoms with van der Waals surface area (Å²) in [7, 11) is 0. The van der Waals surface area contributed by atoms with Crippen LogP contribution in [-0.2, 0) is 5.54 Å². The van der Waals surface area contributed by atoms with Crippen molar-refractivity contribution < 1.29 is 0 Å². The molecule has 0 radical (unpaired) electrons. The Morgan fingerprint density at radius 1 is 1.27 bits per heavy atom. The maximum absolute atomic E-state index is 5.08. The molecule has 0 saturated carbocycles. The van der Waals surface area contributed by atoms with Gasteiger partial charge in [-0.3, -0.25) is 4.90 Å². The molecule has 2 aliphatic rings. The summed E-state index contributed by atoms with van der Waals surface area (Å²) in [6.07, 6.45) is 3.30. The van der Waals surface area contributed by atoms with Crippen LogP contribution in [0.1, 0.15) is 51.3 Å². The number of piperazine rings is 1. The molecule has 2 aliphatic heterocycles. The molecule has 0 amide bonds. The van der Waals surface area contributed by atoms with Crippen LogP contribution in [-0.4, -0.2) is 40.0 Å². The van der Waals surface area contributed by atoms with Crippen LogP contribution in [0.4, 0.5) is 0 Å². The first kappa shape index (κ1) is 14.2. The Balaban J connectivity index is 1.77. The van der Waals surface area contributed by atoms with Gasteiger partial charge in [0.1, 0.15) is 0 Å². The highest BCUT2D eigenvalue weighted by atomic mass is 15.3. The molecule has 4 heteroatoms. The molecule has 2 bridgehead atoms. The summed E-state index contributed by atoms with van der Waals surface area (Å²) in [5, 5.41) is 3.76. The molecule has 0 aromatic carbocycles. The molecule has 2 N–H and O–H groups in total. The number of rotatable bonds is 3. The number of nitrogens with zero attached hydrogens (tertiary/aromatic N) is 2. The Bertz CT molecular complexity index is 702. The van der Waals surface area contributed by atoms with E-state index in [0.717, 1.165) is 24.1 Å². The van der Waals surface area contributed by atoms with E-state index in [4.69, 9.17) is 4.98 Å². The van der Waals surface area contributed by atoms with Crippen molar-refractivity contribution in [3.63, 3.8) is 0 Å². The molecule has 22 heavy (non-hydrogen) atoms. The van der Waals surface area contributed by atoms with Crippen LogP contribution >= 0.6 is 0 Å². The molecule has 2 fully saturated rings. The first-order chi connectivity index (χ1) is 10.5. The van der Waals surface area contributed by atoms with Gasteiger partial charge in [0, 0.05) is 31.4 Å². The van der Waals surface area contributed by atoms with Crippen molar-refractivity contribution in [3.05, 3.63) is 29.6 Å². The highest BCUT2D eigenvalue weighted by Gasteiger charge is 2.51. The van der Waals surface area contributed by atoms with Gasteiger partial charge in [0.05, 0.1) is 22.3 Å². The molecule has 4 heterocycles. The molecule has 4 rings (SSSR count). The highest BCUT2D eigenvalue weighted by molar-refractivity contribution is 5.79. The van der Waals surface area contributed by atoms with Crippen LogP contribution in [0.5, 0.6) is 0 Å². The van der Waals surface area contributed by atoms with Crippen LogP contribution in [0.25, 0.3) is 11.0 Å². The minimum atomic E-state index is 0.0502. The average Bonchev–Trinajstić information content (AvgIpc) is 3.19. The molecule has 2 aromatic heterocycles. The first-order valence-electron chi connectivity index (χ1n) is 8.49. The van der Waals surface area contributed by atoms with Gasteiger partial charge in [0.25, 0.3) is 0 Å². The van der Waals surface area contributed by atoms with E-state index in [9.17, 15) is 0 Å². The normalized spacial score (nSPS) is 28.5. The molecule has 118 valence electrons. The Hall–Kier alpha value is -1.39. The van der Waals surface area contributed by atoms with E-state index in [1.807, 2.05) is 0 Å². The second-order valence-corrected chi connectivity index (χ2v) is 7.58. The molecule has 0 spiro atoms. The number of pyridine rings is 1. The van der Waals surface area contributed by atoms with Gasteiger partial charge in [-0.25, -0.2) is 4.98 Å². The Morgan fingerprint density at radius 3 is 2.77 bits per heavy atom. The lowest BCUT2D eigenvalue weighted by atomic mass is 9.94. The smallest absolute Gasteiger partial charge is 0.0917 e. The Labute approximate surface area is 132 Å². The van der Waals surface area contributed by atoms with Crippen LogP contribution in [0, 0.1) is 0 Å². The minimum Gasteiger partial charge on any atom is -0.360 e. The van der Waals surface area contributed by atoms with Crippen molar-refractivity contribution in [1.82, 2.24) is 20.2 Å². The predicted molar refractivity (Wildman–Crippen MR) is 90.1 cm³/mol. The fourth-order valence-electron chi connectivity index (χ4n) is 4.26. The lowest BCUT2D eigenvalue weighted by Gasteiger charge is -2.35. The summed E-state index contributed by atoms with van der Waals surface area (Å²) < 4.78 is 0. The molecule has 2 aromatic rings. The maximum Gasteiger partial charge on any atom is 0.0917 e. The number of H-pyrrole nitrogens is 1. The third-order valence-electron chi connectivity index (χ3n) is 5.51. The van der Waals surface area contributed by atoms with Gasteiger partial charge in [0.2, 0.25) is 0 Å². The van der Waals surface area contributed by atoms with Gasteiger partial charge in [-0.15, -0.1) is 0 Å². The van der Waals surface area contributed by atoms with Crippen LogP contribution in [0.15, 0.2) is 18.3 Å². The number of fused-ring (bicyclic) bond motifs is 3. The topological polar surface area (TPSA) is 44.0 Å². The zero-order valence-corrected chi connectivity index (χ0v) is 14.0. The van der Waals surface area contributed by atoms with E-state index < -0.39 is 0 Å². The third kappa shape index (κ3) is 1.94. The second-order valence-electron chi connectivity index (χ2n) is 7.58. The predicted octanol–water partition coefficient (Wildman–Crippen LogP) is 2.97. The van der Waals surface area contributed by atoms with Crippen molar-refractivity contribution in [2.45, 2.75) is 57.7 Å². The van der Waals surface area contributed by atoms with E-state index in [0.29, 0.717) is 18.0 Å². The van der Waals surface area contributed by atoms with E-state index in [2.05, 4.69) is 61.2 Å². The standard InChI is InChI=1S/C18H26N4/c1-11(2)14-9-19-15-5-6-16(21-17(14)15)18-7-13(8-20-18)22(10-18)12(3)4/h5-6,9,11-13,19-20H,7-8,10H2,1-4H3. The highest BCUT2D eigenvalue weighted by Crippen LogP contribution is 2.41. The zero-order valence-electron chi connectivity index (χ0n) is 14.0. The van der Waals surface area contributed by atoms with Gasteiger partial charge in [-0.2, -0.15) is 0 Å². The number of nitrogens with one attached hydrogen (secondary N) is 2. The molecule has 0 aliphatic carbocycles. The number of hydrogen-bond acceptors (Lipinski definition) is 3. The van der Waals surface area contributed by atoms with Gasteiger partial charge >= 0.3 is 0 Å². The van der Waals surface area contributed by atoms with Crippen molar-refractivity contribution in [1.29, 1.82) is 0 Å². The maximum atomic E-state index is 5.08. The van der Waals surface area contributed by atoms with Crippen molar-refractivity contribution in [2.24, 2.45) is 0 Å². The molecule has 2 unspecified atom stereocenters. The summed E-state index contributed by atoms with van der Waals surface area (Å²) in [5.74, 6) is 0.494. The minimum absolute atomic E-state index is 0.0502. The lowest BCUT2D eigenvalue weighted by molar-refractivity contribution is 0.157. The number of likely N-dealkylation sites (tertiary alicyclic amines) is 1. The second kappa shape index (κ2) is 4.80. The van der Waals surface area contributed by atoms with Gasteiger partial charge in [0.15, 0.2) is 0 Å². The van der Waals surface area contributed by atoms with Crippen LogP contribution in [0.2, 0.25) is 0 Å². The third-order valence-corrected chi connectivity index (χ3v) is 5.51. The van der Waals surface area contributed by atoms with E-state index in [1.54, 1.807) is 0 Å². The average molecular weight is 298 g/mol. The summed E-state index contributed by atoms with van der Waals surface area (Å²) in [4.78, 5) is 11.1. The fourth-order valence-corrected chi connectivity index (χ4v) is 4.26. The lowest BCUT2D eigenvalue weighted by Crippen LogP contribution is -2.51. The van der Waals surface area contributed by atoms with E-state index in [-0.39, 0.29) is 5.54 Å². The first-order valence-corrected chi connectivity index (χ1v) is 8.49. The Kier molecular flexibility index (Phi) is 3.10. The van der Waals surface area contributed by atoms with Crippen LogP contribution in [0.3, 0.4) is 0 Å².